The molecule has 1 atom stereocenters. The third-order valence-electron chi connectivity index (χ3n) is 4.52. The van der Waals surface area contributed by atoms with Gasteiger partial charge in [0.2, 0.25) is 5.91 Å². The zero-order chi connectivity index (χ0) is 18.4. The Hall–Kier alpha value is -2.08. The number of nitrogens with one attached hydrogen (secondary N) is 1. The molecule has 1 fully saturated rings. The van der Waals surface area contributed by atoms with Crippen molar-refractivity contribution < 1.29 is 9.59 Å². The number of benzene rings is 1. The Kier molecular flexibility index (Phi) is 6.82. The number of aryl methyl sites for hydroxylation is 1. The number of hydrogen-bond donors (Lipinski definition) is 1. The standard InChI is InChI=1S/C19H30N4O2/c1-15-7-5-8-17(13-15)14-22-11-12-23(16(2)18(22)24)19(25)20-9-6-10-21(3)4/h5,7-8,13,16H,6,9-12,14H2,1-4H3,(H,20,25). The van der Waals surface area contributed by atoms with Gasteiger partial charge in [-0.2, -0.15) is 0 Å². The summed E-state index contributed by atoms with van der Waals surface area (Å²) in [6.45, 7) is 7.15. The molecule has 1 unspecified atom stereocenters. The highest BCUT2D eigenvalue weighted by Crippen LogP contribution is 2.15. The van der Waals surface area contributed by atoms with Gasteiger partial charge in [-0.15, -0.1) is 0 Å². The molecule has 0 radical (unpaired) electrons. The van der Waals surface area contributed by atoms with Gasteiger partial charge in [0.05, 0.1) is 0 Å². The fourth-order valence-electron chi connectivity index (χ4n) is 3.09. The lowest BCUT2D eigenvalue weighted by Crippen LogP contribution is -2.59. The Bertz CT molecular complexity index is 603. The Labute approximate surface area is 150 Å². The maximum absolute atomic E-state index is 12.6. The Morgan fingerprint density at radius 3 is 2.76 bits per heavy atom. The molecule has 1 aromatic rings. The average Bonchev–Trinajstić information content (AvgIpc) is 2.56. The highest BCUT2D eigenvalue weighted by atomic mass is 16.2. The molecular formula is C19H30N4O2. The molecule has 0 spiro atoms. The van der Waals surface area contributed by atoms with Crippen LogP contribution in [0.2, 0.25) is 0 Å². The van der Waals surface area contributed by atoms with Crippen LogP contribution in [0.1, 0.15) is 24.5 Å². The van der Waals surface area contributed by atoms with Gasteiger partial charge >= 0.3 is 6.03 Å². The monoisotopic (exact) mass is 346 g/mol. The van der Waals surface area contributed by atoms with Crippen molar-refractivity contribution in [3.63, 3.8) is 0 Å². The molecule has 2 rings (SSSR count). The minimum absolute atomic E-state index is 0.0104. The maximum Gasteiger partial charge on any atom is 0.318 e. The van der Waals surface area contributed by atoms with E-state index in [-0.39, 0.29) is 11.9 Å². The summed E-state index contributed by atoms with van der Waals surface area (Å²) in [7, 11) is 4.02. The molecule has 1 aliphatic heterocycles. The molecule has 0 saturated carbocycles. The fourth-order valence-corrected chi connectivity index (χ4v) is 3.09. The molecule has 1 saturated heterocycles. The van der Waals surface area contributed by atoms with Crippen LogP contribution in [0, 0.1) is 6.92 Å². The number of urea groups is 1. The number of carbonyl (C=O) groups is 2. The highest BCUT2D eigenvalue weighted by molar-refractivity contribution is 5.88. The molecule has 1 N–H and O–H groups in total. The van der Waals surface area contributed by atoms with Crippen LogP contribution in [0.15, 0.2) is 24.3 Å². The highest BCUT2D eigenvalue weighted by Gasteiger charge is 2.34. The van der Waals surface area contributed by atoms with Gasteiger partial charge in [0.25, 0.3) is 0 Å². The van der Waals surface area contributed by atoms with E-state index in [1.807, 2.05) is 51.0 Å². The van der Waals surface area contributed by atoms with Crippen molar-refractivity contribution in [2.24, 2.45) is 0 Å². The normalized spacial score (nSPS) is 18.0. The third-order valence-corrected chi connectivity index (χ3v) is 4.52. The van der Waals surface area contributed by atoms with Gasteiger partial charge in [-0.3, -0.25) is 4.79 Å². The van der Waals surface area contributed by atoms with Crippen LogP contribution < -0.4 is 5.32 Å². The SMILES string of the molecule is Cc1cccc(CN2CCN(C(=O)NCCCN(C)C)C(C)C2=O)c1. The van der Waals surface area contributed by atoms with Crippen molar-refractivity contribution in [3.05, 3.63) is 35.4 Å². The van der Waals surface area contributed by atoms with Crippen LogP contribution >= 0.6 is 0 Å². The first kappa shape index (κ1) is 19.2. The van der Waals surface area contributed by atoms with Crippen molar-refractivity contribution in [2.75, 3.05) is 40.3 Å². The van der Waals surface area contributed by atoms with Gasteiger partial charge in [-0.25, -0.2) is 4.79 Å². The smallest absolute Gasteiger partial charge is 0.318 e. The van der Waals surface area contributed by atoms with Crippen LogP contribution in [0.3, 0.4) is 0 Å². The van der Waals surface area contributed by atoms with E-state index in [0.29, 0.717) is 26.2 Å². The number of nitrogens with zero attached hydrogens (tertiary/aromatic N) is 3. The van der Waals surface area contributed by atoms with Crippen molar-refractivity contribution >= 4 is 11.9 Å². The van der Waals surface area contributed by atoms with E-state index in [1.54, 1.807) is 4.90 Å². The van der Waals surface area contributed by atoms with Crippen molar-refractivity contribution in [1.29, 1.82) is 0 Å². The Morgan fingerprint density at radius 1 is 1.32 bits per heavy atom. The molecule has 3 amide bonds. The van der Waals surface area contributed by atoms with Gasteiger partial charge in [-0.05, 0) is 46.5 Å². The number of hydrogen-bond acceptors (Lipinski definition) is 3. The van der Waals surface area contributed by atoms with Crippen LogP contribution in [0.5, 0.6) is 0 Å². The summed E-state index contributed by atoms with van der Waals surface area (Å²) in [5.41, 5.74) is 2.32. The second-order valence-electron chi connectivity index (χ2n) is 7.01. The van der Waals surface area contributed by atoms with Gasteiger partial charge in [0, 0.05) is 26.2 Å². The summed E-state index contributed by atoms with van der Waals surface area (Å²) in [5.74, 6) is 0.0104. The number of rotatable bonds is 6. The summed E-state index contributed by atoms with van der Waals surface area (Å²) in [6, 6.07) is 7.63. The molecule has 0 aromatic heterocycles. The predicted octanol–water partition coefficient (Wildman–Crippen LogP) is 1.69. The van der Waals surface area contributed by atoms with Crippen molar-refractivity contribution in [1.82, 2.24) is 20.0 Å². The van der Waals surface area contributed by atoms with Crippen LogP contribution in [-0.2, 0) is 11.3 Å². The van der Waals surface area contributed by atoms with Crippen molar-refractivity contribution in [2.45, 2.75) is 32.9 Å². The van der Waals surface area contributed by atoms with Gasteiger partial charge in [0.1, 0.15) is 6.04 Å². The second-order valence-corrected chi connectivity index (χ2v) is 7.01. The van der Waals surface area contributed by atoms with Crippen LogP contribution in [0.25, 0.3) is 0 Å². The lowest BCUT2D eigenvalue weighted by molar-refractivity contribution is -0.139. The van der Waals surface area contributed by atoms with E-state index in [1.165, 1.54) is 5.56 Å². The summed E-state index contributed by atoms with van der Waals surface area (Å²) in [5, 5.41) is 2.92. The van der Waals surface area contributed by atoms with Crippen molar-refractivity contribution in [3.8, 4) is 0 Å². The van der Waals surface area contributed by atoms with Crippen LogP contribution in [0.4, 0.5) is 4.79 Å². The molecule has 6 heteroatoms. The quantitative estimate of drug-likeness (QED) is 0.798. The zero-order valence-corrected chi connectivity index (χ0v) is 15.8. The predicted molar refractivity (Wildman–Crippen MR) is 99.3 cm³/mol. The first-order valence-electron chi connectivity index (χ1n) is 8.92. The summed E-state index contributed by atoms with van der Waals surface area (Å²) in [6.07, 6.45) is 0.897. The minimum Gasteiger partial charge on any atom is -0.338 e. The zero-order valence-electron chi connectivity index (χ0n) is 15.8. The topological polar surface area (TPSA) is 55.9 Å². The van der Waals surface area contributed by atoms with Crippen LogP contribution in [-0.4, -0.2) is 73.0 Å². The van der Waals surface area contributed by atoms with E-state index in [9.17, 15) is 9.59 Å². The molecular weight excluding hydrogens is 316 g/mol. The first-order chi connectivity index (χ1) is 11.9. The van der Waals surface area contributed by atoms with Gasteiger partial charge in [-0.1, -0.05) is 29.8 Å². The molecule has 25 heavy (non-hydrogen) atoms. The molecule has 6 nitrogen and oxygen atoms in total. The second kappa shape index (κ2) is 8.85. The molecule has 0 bridgehead atoms. The minimum atomic E-state index is -0.424. The lowest BCUT2D eigenvalue weighted by atomic mass is 10.1. The largest absolute Gasteiger partial charge is 0.338 e. The van der Waals surface area contributed by atoms with E-state index in [2.05, 4.69) is 16.3 Å². The molecule has 0 aliphatic carbocycles. The Balaban J connectivity index is 1.86. The Morgan fingerprint density at radius 2 is 2.08 bits per heavy atom. The van der Waals surface area contributed by atoms with E-state index >= 15 is 0 Å². The van der Waals surface area contributed by atoms with Gasteiger partial charge < -0.3 is 20.0 Å². The lowest BCUT2D eigenvalue weighted by Gasteiger charge is -2.39. The maximum atomic E-state index is 12.6. The van der Waals surface area contributed by atoms with E-state index in [0.717, 1.165) is 18.5 Å². The third kappa shape index (κ3) is 5.46. The average molecular weight is 346 g/mol. The summed E-state index contributed by atoms with van der Waals surface area (Å²) >= 11 is 0. The first-order valence-corrected chi connectivity index (χ1v) is 8.92. The molecule has 1 heterocycles. The molecule has 1 aliphatic rings. The summed E-state index contributed by atoms with van der Waals surface area (Å²) in [4.78, 5) is 30.6. The van der Waals surface area contributed by atoms with E-state index in [4.69, 9.17) is 0 Å². The molecule has 1 aromatic carbocycles. The number of amides is 3. The number of carbonyl (C=O) groups excluding carboxylic acids is 2. The summed E-state index contributed by atoms with van der Waals surface area (Å²) < 4.78 is 0. The number of piperazine rings is 1. The molecule has 138 valence electrons. The van der Waals surface area contributed by atoms with Gasteiger partial charge in [0.15, 0.2) is 0 Å². The fraction of sp³-hybridized carbons (Fsp3) is 0.579. The van der Waals surface area contributed by atoms with E-state index < -0.39 is 6.04 Å².